The maximum absolute atomic E-state index is 10.6. The van der Waals surface area contributed by atoms with Gasteiger partial charge in [0.1, 0.15) is 6.29 Å². The van der Waals surface area contributed by atoms with Crippen LogP contribution in [0.15, 0.2) is 18.2 Å². The summed E-state index contributed by atoms with van der Waals surface area (Å²) in [5.41, 5.74) is 3.25. The standard InChI is InChI=1S/C12H16O/c1-9-5-10(8-13)7-11(6-9)12(2,3)4/h5-8H,1-4H3. The van der Waals surface area contributed by atoms with Crippen molar-refractivity contribution in [2.45, 2.75) is 33.1 Å². The van der Waals surface area contributed by atoms with Gasteiger partial charge in [-0.1, -0.05) is 32.4 Å². The lowest BCUT2D eigenvalue weighted by atomic mass is 9.85. The largest absolute Gasteiger partial charge is 0.298 e. The summed E-state index contributed by atoms with van der Waals surface area (Å²) in [5.74, 6) is 0. The van der Waals surface area contributed by atoms with Crippen molar-refractivity contribution in [2.75, 3.05) is 0 Å². The van der Waals surface area contributed by atoms with Crippen molar-refractivity contribution in [2.24, 2.45) is 0 Å². The van der Waals surface area contributed by atoms with Crippen LogP contribution >= 0.6 is 0 Å². The van der Waals surface area contributed by atoms with E-state index in [1.54, 1.807) is 0 Å². The molecular formula is C12H16O. The smallest absolute Gasteiger partial charge is 0.150 e. The molecule has 0 unspecified atom stereocenters. The monoisotopic (exact) mass is 176 g/mol. The second-order valence-corrected chi connectivity index (χ2v) is 4.50. The molecule has 1 heteroatoms. The van der Waals surface area contributed by atoms with E-state index in [-0.39, 0.29) is 5.41 Å². The molecule has 0 radical (unpaired) electrons. The Balaban J connectivity index is 3.24. The molecule has 0 bridgehead atoms. The fraction of sp³-hybridized carbons (Fsp3) is 0.417. The van der Waals surface area contributed by atoms with Crippen molar-refractivity contribution in [1.29, 1.82) is 0 Å². The molecule has 0 aliphatic heterocycles. The van der Waals surface area contributed by atoms with Gasteiger partial charge in [-0.3, -0.25) is 4.79 Å². The van der Waals surface area contributed by atoms with Gasteiger partial charge in [-0.15, -0.1) is 0 Å². The summed E-state index contributed by atoms with van der Waals surface area (Å²) in [4.78, 5) is 10.6. The lowest BCUT2D eigenvalue weighted by Gasteiger charge is -2.19. The van der Waals surface area contributed by atoms with Gasteiger partial charge in [-0.2, -0.15) is 0 Å². The van der Waals surface area contributed by atoms with Crippen LogP contribution in [0.1, 0.15) is 42.3 Å². The summed E-state index contributed by atoms with van der Waals surface area (Å²) in [5, 5.41) is 0. The highest BCUT2D eigenvalue weighted by molar-refractivity contribution is 5.75. The molecule has 13 heavy (non-hydrogen) atoms. The van der Waals surface area contributed by atoms with Crippen LogP contribution in [0.4, 0.5) is 0 Å². The average Bonchev–Trinajstić information content (AvgIpc) is 2.01. The number of rotatable bonds is 1. The summed E-state index contributed by atoms with van der Waals surface area (Å²) in [6, 6.07) is 6.00. The van der Waals surface area contributed by atoms with Gasteiger partial charge in [0.05, 0.1) is 0 Å². The SMILES string of the molecule is Cc1cc(C=O)cc(C(C)(C)C)c1. The second-order valence-electron chi connectivity index (χ2n) is 4.50. The zero-order valence-electron chi connectivity index (χ0n) is 8.72. The van der Waals surface area contributed by atoms with Crippen LogP contribution in [0.2, 0.25) is 0 Å². The van der Waals surface area contributed by atoms with Crippen molar-refractivity contribution in [3.05, 3.63) is 34.9 Å². The molecule has 0 fully saturated rings. The molecule has 0 saturated carbocycles. The van der Waals surface area contributed by atoms with E-state index in [1.807, 2.05) is 19.1 Å². The molecule has 1 nitrogen and oxygen atoms in total. The minimum absolute atomic E-state index is 0.115. The summed E-state index contributed by atoms with van der Waals surface area (Å²) in [6.07, 6.45) is 0.905. The van der Waals surface area contributed by atoms with Gasteiger partial charge in [0, 0.05) is 5.56 Å². The van der Waals surface area contributed by atoms with Crippen LogP contribution in [0.5, 0.6) is 0 Å². The Morgan fingerprint density at radius 3 is 2.23 bits per heavy atom. The van der Waals surface area contributed by atoms with Crippen LogP contribution in [0.3, 0.4) is 0 Å². The first-order valence-corrected chi connectivity index (χ1v) is 4.51. The first-order chi connectivity index (χ1) is 5.93. The molecular weight excluding hydrogens is 160 g/mol. The maximum Gasteiger partial charge on any atom is 0.150 e. The van der Waals surface area contributed by atoms with E-state index in [2.05, 4.69) is 26.8 Å². The predicted molar refractivity (Wildman–Crippen MR) is 55.3 cm³/mol. The molecule has 0 N–H and O–H groups in total. The number of aldehydes is 1. The Labute approximate surface area is 79.8 Å². The van der Waals surface area contributed by atoms with Crippen molar-refractivity contribution in [3.8, 4) is 0 Å². The molecule has 0 aromatic heterocycles. The molecule has 0 amide bonds. The van der Waals surface area contributed by atoms with Gasteiger partial charge in [0.25, 0.3) is 0 Å². The van der Waals surface area contributed by atoms with E-state index in [0.717, 1.165) is 17.4 Å². The van der Waals surface area contributed by atoms with E-state index >= 15 is 0 Å². The van der Waals surface area contributed by atoms with E-state index in [4.69, 9.17) is 0 Å². The van der Waals surface area contributed by atoms with E-state index in [9.17, 15) is 4.79 Å². The molecule has 0 heterocycles. The molecule has 0 aliphatic carbocycles. The minimum Gasteiger partial charge on any atom is -0.298 e. The van der Waals surface area contributed by atoms with Crippen molar-refractivity contribution in [1.82, 2.24) is 0 Å². The summed E-state index contributed by atoms with van der Waals surface area (Å²) in [6.45, 7) is 8.46. The number of carbonyl (C=O) groups excluding carboxylic acids is 1. The topological polar surface area (TPSA) is 17.1 Å². The van der Waals surface area contributed by atoms with Gasteiger partial charge >= 0.3 is 0 Å². The van der Waals surface area contributed by atoms with Gasteiger partial charge in [0.2, 0.25) is 0 Å². The lowest BCUT2D eigenvalue weighted by Crippen LogP contribution is -2.11. The van der Waals surface area contributed by atoms with E-state index < -0.39 is 0 Å². The Morgan fingerprint density at radius 1 is 1.15 bits per heavy atom. The highest BCUT2D eigenvalue weighted by Crippen LogP contribution is 2.23. The van der Waals surface area contributed by atoms with Crippen molar-refractivity contribution < 1.29 is 4.79 Å². The predicted octanol–water partition coefficient (Wildman–Crippen LogP) is 3.11. The molecule has 1 rings (SSSR count). The van der Waals surface area contributed by atoms with Crippen molar-refractivity contribution in [3.63, 3.8) is 0 Å². The highest BCUT2D eigenvalue weighted by atomic mass is 16.1. The molecule has 0 spiro atoms. The second kappa shape index (κ2) is 3.33. The summed E-state index contributed by atoms with van der Waals surface area (Å²) in [7, 11) is 0. The minimum atomic E-state index is 0.115. The Hall–Kier alpha value is -1.11. The molecule has 1 aromatic carbocycles. The van der Waals surface area contributed by atoms with E-state index in [0.29, 0.717) is 0 Å². The Morgan fingerprint density at radius 2 is 1.77 bits per heavy atom. The quantitative estimate of drug-likeness (QED) is 0.601. The third-order valence-corrected chi connectivity index (χ3v) is 2.10. The number of hydrogen-bond acceptors (Lipinski definition) is 1. The molecule has 0 saturated heterocycles. The first kappa shape index (κ1) is 9.97. The normalized spacial score (nSPS) is 11.4. The number of aryl methyl sites for hydroxylation is 1. The first-order valence-electron chi connectivity index (χ1n) is 4.51. The van der Waals surface area contributed by atoms with E-state index in [1.165, 1.54) is 5.56 Å². The Bertz CT molecular complexity index is 318. The van der Waals surface area contributed by atoms with Crippen molar-refractivity contribution >= 4 is 6.29 Å². The van der Waals surface area contributed by atoms with Gasteiger partial charge in [-0.25, -0.2) is 0 Å². The average molecular weight is 176 g/mol. The van der Waals surface area contributed by atoms with Crippen LogP contribution in [-0.4, -0.2) is 6.29 Å². The molecule has 1 aromatic rings. The molecule has 70 valence electrons. The highest BCUT2D eigenvalue weighted by Gasteiger charge is 2.14. The maximum atomic E-state index is 10.6. The number of benzene rings is 1. The fourth-order valence-electron chi connectivity index (χ4n) is 1.31. The van der Waals surface area contributed by atoms with Crippen LogP contribution < -0.4 is 0 Å². The third-order valence-electron chi connectivity index (χ3n) is 2.10. The zero-order valence-corrected chi connectivity index (χ0v) is 8.72. The van der Waals surface area contributed by atoms with Gasteiger partial charge in [-0.05, 0) is 30.0 Å². The van der Waals surface area contributed by atoms with Crippen LogP contribution in [-0.2, 0) is 5.41 Å². The molecule has 0 aliphatic rings. The van der Waals surface area contributed by atoms with Gasteiger partial charge in [0.15, 0.2) is 0 Å². The lowest BCUT2D eigenvalue weighted by molar-refractivity contribution is 0.112. The van der Waals surface area contributed by atoms with Crippen LogP contribution in [0.25, 0.3) is 0 Å². The zero-order chi connectivity index (χ0) is 10.1. The summed E-state index contributed by atoms with van der Waals surface area (Å²) >= 11 is 0. The molecule has 0 atom stereocenters. The Kier molecular flexibility index (Phi) is 2.55. The van der Waals surface area contributed by atoms with Gasteiger partial charge < -0.3 is 0 Å². The third kappa shape index (κ3) is 2.41. The fourth-order valence-corrected chi connectivity index (χ4v) is 1.31. The van der Waals surface area contributed by atoms with Crippen LogP contribution in [0, 0.1) is 6.92 Å². The number of carbonyl (C=O) groups is 1. The number of hydrogen-bond donors (Lipinski definition) is 0. The summed E-state index contributed by atoms with van der Waals surface area (Å²) < 4.78 is 0.